The van der Waals surface area contributed by atoms with Crippen molar-refractivity contribution in [1.29, 1.82) is 0 Å². The maximum Gasteiger partial charge on any atom is 0.416 e. The molecule has 0 spiro atoms. The molecule has 0 saturated carbocycles. The molecule has 1 rings (SSSR count). The van der Waals surface area contributed by atoms with E-state index < -0.39 is 11.7 Å². The van der Waals surface area contributed by atoms with E-state index in [0.29, 0.717) is 5.56 Å². The van der Waals surface area contributed by atoms with E-state index in [1.165, 1.54) is 25.3 Å². The molecule has 0 heterocycles. The minimum absolute atomic E-state index is 0.374. The van der Waals surface area contributed by atoms with Gasteiger partial charge in [0.25, 0.3) is 0 Å². The zero-order valence-electron chi connectivity index (χ0n) is 12.0. The van der Waals surface area contributed by atoms with Crippen LogP contribution in [0.1, 0.15) is 61.3 Å². The van der Waals surface area contributed by atoms with E-state index in [1.807, 2.05) is 0 Å². The van der Waals surface area contributed by atoms with Gasteiger partial charge in [-0.1, -0.05) is 38.7 Å². The lowest BCUT2D eigenvalue weighted by Gasteiger charge is -2.15. The Kier molecular flexibility index (Phi) is 5.89. The van der Waals surface area contributed by atoms with Gasteiger partial charge in [-0.3, -0.25) is 0 Å². The zero-order chi connectivity index (χ0) is 14.5. The molecular weight excluding hydrogens is 249 g/mol. The first-order valence-electron chi connectivity index (χ1n) is 7.04. The fourth-order valence-electron chi connectivity index (χ4n) is 2.37. The van der Waals surface area contributed by atoms with Crippen LogP contribution in [0.25, 0.3) is 0 Å². The molecule has 0 unspecified atom stereocenters. The summed E-state index contributed by atoms with van der Waals surface area (Å²) in [6.07, 6.45) is 2.53. The Labute approximate surface area is 114 Å². The van der Waals surface area contributed by atoms with Crippen molar-refractivity contribution in [2.75, 3.05) is 0 Å². The molecule has 0 N–H and O–H groups in total. The fraction of sp³-hybridized carbons (Fsp3) is 0.625. The van der Waals surface area contributed by atoms with Gasteiger partial charge in [0.05, 0.1) is 5.56 Å². The monoisotopic (exact) mass is 272 g/mol. The summed E-state index contributed by atoms with van der Waals surface area (Å²) in [5, 5.41) is 0. The third-order valence-corrected chi connectivity index (χ3v) is 3.75. The Morgan fingerprint density at radius 1 is 0.895 bits per heavy atom. The smallest absolute Gasteiger partial charge is 0.166 e. The lowest BCUT2D eigenvalue weighted by atomic mass is 9.94. The first-order valence-corrected chi connectivity index (χ1v) is 7.04. The molecule has 0 aliphatic rings. The van der Waals surface area contributed by atoms with Gasteiger partial charge in [-0.15, -0.1) is 0 Å². The van der Waals surface area contributed by atoms with E-state index in [4.69, 9.17) is 0 Å². The molecule has 0 aromatic heterocycles. The van der Waals surface area contributed by atoms with Crippen LogP contribution in [0.15, 0.2) is 12.1 Å². The standard InChI is InChI=1S/C16H23F3/c1-4-5-6-7-8-9-14-10-11-15(16(17,18)19)13(3)12(14)2/h10-11H,4-9H2,1-3H3. The lowest BCUT2D eigenvalue weighted by Crippen LogP contribution is -2.09. The first-order chi connectivity index (χ1) is 8.88. The molecule has 0 saturated heterocycles. The number of halogens is 3. The highest BCUT2D eigenvalue weighted by Crippen LogP contribution is 2.34. The molecular formula is C16H23F3. The number of rotatable bonds is 6. The van der Waals surface area contributed by atoms with Crippen LogP contribution in [0.4, 0.5) is 13.2 Å². The summed E-state index contributed by atoms with van der Waals surface area (Å²) in [6.45, 7) is 5.54. The minimum atomic E-state index is -4.24. The van der Waals surface area contributed by atoms with Gasteiger partial charge < -0.3 is 0 Å². The van der Waals surface area contributed by atoms with Crippen LogP contribution >= 0.6 is 0 Å². The zero-order valence-corrected chi connectivity index (χ0v) is 12.0. The number of aryl methyl sites for hydroxylation is 1. The van der Waals surface area contributed by atoms with Crippen molar-refractivity contribution in [3.8, 4) is 0 Å². The Bertz CT molecular complexity index is 405. The highest BCUT2D eigenvalue weighted by Gasteiger charge is 2.32. The average molecular weight is 272 g/mol. The normalized spacial score (nSPS) is 11.9. The second-order valence-electron chi connectivity index (χ2n) is 5.18. The van der Waals surface area contributed by atoms with E-state index in [9.17, 15) is 13.2 Å². The maximum absolute atomic E-state index is 12.8. The summed E-state index contributed by atoms with van der Waals surface area (Å²) < 4.78 is 38.3. The van der Waals surface area contributed by atoms with Crippen molar-refractivity contribution in [2.24, 2.45) is 0 Å². The summed E-state index contributed by atoms with van der Waals surface area (Å²) in [5.74, 6) is 0. The van der Waals surface area contributed by atoms with Crippen molar-refractivity contribution in [3.63, 3.8) is 0 Å². The molecule has 3 heteroatoms. The van der Waals surface area contributed by atoms with Crippen molar-refractivity contribution >= 4 is 0 Å². The SMILES string of the molecule is CCCCCCCc1ccc(C(F)(F)F)c(C)c1C. The second-order valence-corrected chi connectivity index (χ2v) is 5.18. The Hall–Kier alpha value is -0.990. The summed E-state index contributed by atoms with van der Waals surface area (Å²) >= 11 is 0. The maximum atomic E-state index is 12.8. The molecule has 19 heavy (non-hydrogen) atoms. The van der Waals surface area contributed by atoms with Crippen LogP contribution < -0.4 is 0 Å². The van der Waals surface area contributed by atoms with Gasteiger partial charge in [0.1, 0.15) is 0 Å². The molecule has 0 aliphatic carbocycles. The van der Waals surface area contributed by atoms with Crippen LogP contribution in [-0.2, 0) is 12.6 Å². The van der Waals surface area contributed by atoms with Crippen LogP contribution in [0.3, 0.4) is 0 Å². The van der Waals surface area contributed by atoms with E-state index in [-0.39, 0.29) is 0 Å². The predicted octanol–water partition coefficient (Wildman–Crippen LogP) is 5.84. The molecule has 0 bridgehead atoms. The highest BCUT2D eigenvalue weighted by atomic mass is 19.4. The molecule has 0 aliphatic heterocycles. The third-order valence-electron chi connectivity index (χ3n) is 3.75. The van der Waals surface area contributed by atoms with Crippen LogP contribution in [-0.4, -0.2) is 0 Å². The average Bonchev–Trinajstić information content (AvgIpc) is 2.32. The largest absolute Gasteiger partial charge is 0.416 e. The third kappa shape index (κ3) is 4.55. The van der Waals surface area contributed by atoms with Gasteiger partial charge in [0, 0.05) is 0 Å². The van der Waals surface area contributed by atoms with Crippen molar-refractivity contribution < 1.29 is 13.2 Å². The molecule has 0 radical (unpaired) electrons. The number of benzene rings is 1. The van der Waals surface area contributed by atoms with Crippen molar-refractivity contribution in [3.05, 3.63) is 34.4 Å². The van der Waals surface area contributed by atoms with Crippen LogP contribution in [0.5, 0.6) is 0 Å². The molecule has 1 aromatic rings. The highest BCUT2D eigenvalue weighted by molar-refractivity contribution is 5.40. The van der Waals surface area contributed by atoms with Crippen LogP contribution in [0, 0.1) is 13.8 Å². The van der Waals surface area contributed by atoms with Gasteiger partial charge >= 0.3 is 6.18 Å². The topological polar surface area (TPSA) is 0 Å². The summed E-state index contributed by atoms with van der Waals surface area (Å²) in [6, 6.07) is 2.87. The minimum Gasteiger partial charge on any atom is -0.166 e. The lowest BCUT2D eigenvalue weighted by molar-refractivity contribution is -0.138. The van der Waals surface area contributed by atoms with E-state index in [1.54, 1.807) is 19.9 Å². The summed E-state index contributed by atoms with van der Waals surface area (Å²) in [4.78, 5) is 0. The number of alkyl halides is 3. The molecule has 0 fully saturated rings. The van der Waals surface area contributed by atoms with E-state index in [2.05, 4.69) is 6.92 Å². The molecule has 108 valence electrons. The van der Waals surface area contributed by atoms with E-state index >= 15 is 0 Å². The molecule has 0 amide bonds. The summed E-state index contributed by atoms with van der Waals surface area (Å²) in [7, 11) is 0. The number of unbranched alkanes of at least 4 members (excludes halogenated alkanes) is 4. The Morgan fingerprint density at radius 2 is 1.53 bits per heavy atom. The van der Waals surface area contributed by atoms with Crippen LogP contribution in [0.2, 0.25) is 0 Å². The van der Waals surface area contributed by atoms with E-state index in [0.717, 1.165) is 30.4 Å². The Morgan fingerprint density at radius 3 is 2.11 bits per heavy atom. The summed E-state index contributed by atoms with van der Waals surface area (Å²) in [5.41, 5.74) is 1.73. The fourth-order valence-corrected chi connectivity index (χ4v) is 2.37. The second kappa shape index (κ2) is 6.97. The molecule has 0 nitrogen and oxygen atoms in total. The van der Waals surface area contributed by atoms with Crippen molar-refractivity contribution in [1.82, 2.24) is 0 Å². The first kappa shape index (κ1) is 16.1. The molecule has 1 aromatic carbocycles. The molecule has 0 atom stereocenters. The number of hydrogen-bond donors (Lipinski definition) is 0. The predicted molar refractivity (Wildman–Crippen MR) is 73.4 cm³/mol. The quantitative estimate of drug-likeness (QED) is 0.571. The van der Waals surface area contributed by atoms with Gasteiger partial charge in [-0.2, -0.15) is 13.2 Å². The Balaban J connectivity index is 2.69. The van der Waals surface area contributed by atoms with Gasteiger partial charge in [-0.05, 0) is 49.4 Å². The van der Waals surface area contributed by atoms with Gasteiger partial charge in [0.15, 0.2) is 0 Å². The van der Waals surface area contributed by atoms with Crippen molar-refractivity contribution in [2.45, 2.75) is 65.5 Å². The number of hydrogen-bond acceptors (Lipinski definition) is 0. The van der Waals surface area contributed by atoms with Gasteiger partial charge in [-0.25, -0.2) is 0 Å². The van der Waals surface area contributed by atoms with Gasteiger partial charge in [0.2, 0.25) is 0 Å².